The van der Waals surface area contributed by atoms with Crippen LogP contribution < -0.4 is 10.6 Å². The van der Waals surface area contributed by atoms with E-state index in [1.807, 2.05) is 4.90 Å². The molecule has 0 saturated carbocycles. The molecule has 0 spiro atoms. The summed E-state index contributed by atoms with van der Waals surface area (Å²) in [6.07, 6.45) is -2.23. The third kappa shape index (κ3) is 2.71. The minimum Gasteiger partial charge on any atom is -0.398 e. The Kier molecular flexibility index (Phi) is 3.41. The molecule has 1 atom stereocenters. The van der Waals surface area contributed by atoms with E-state index in [9.17, 15) is 13.2 Å². The molecule has 5 heteroatoms. The van der Waals surface area contributed by atoms with Gasteiger partial charge in [0.1, 0.15) is 0 Å². The summed E-state index contributed by atoms with van der Waals surface area (Å²) in [5.41, 5.74) is 5.06. The molecule has 1 heterocycles. The SMILES string of the molecule is C[C@@H]1CCCN(c2ccc(N)c(C(F)(F)F)c2)C1. The molecule has 1 saturated heterocycles. The fourth-order valence-corrected chi connectivity index (χ4v) is 2.41. The number of hydrogen-bond donors (Lipinski definition) is 1. The van der Waals surface area contributed by atoms with Gasteiger partial charge in [-0.25, -0.2) is 0 Å². The van der Waals surface area contributed by atoms with Gasteiger partial charge in [-0.1, -0.05) is 6.92 Å². The van der Waals surface area contributed by atoms with Crippen LogP contribution in [-0.2, 0) is 6.18 Å². The summed E-state index contributed by atoms with van der Waals surface area (Å²) in [6, 6.07) is 4.17. The Balaban J connectivity index is 2.29. The molecule has 0 aromatic heterocycles. The van der Waals surface area contributed by atoms with Crippen molar-refractivity contribution in [2.45, 2.75) is 25.9 Å². The lowest BCUT2D eigenvalue weighted by atomic mass is 9.99. The number of nitrogens with zero attached hydrogens (tertiary/aromatic N) is 1. The molecule has 0 unspecified atom stereocenters. The monoisotopic (exact) mass is 258 g/mol. The fourth-order valence-electron chi connectivity index (χ4n) is 2.41. The van der Waals surface area contributed by atoms with E-state index in [1.54, 1.807) is 6.07 Å². The number of halogens is 3. The third-order valence-corrected chi connectivity index (χ3v) is 3.36. The van der Waals surface area contributed by atoms with Crippen LogP contribution in [0.25, 0.3) is 0 Å². The third-order valence-electron chi connectivity index (χ3n) is 3.36. The zero-order valence-corrected chi connectivity index (χ0v) is 10.3. The van der Waals surface area contributed by atoms with Crippen molar-refractivity contribution in [2.24, 2.45) is 5.92 Å². The van der Waals surface area contributed by atoms with Crippen molar-refractivity contribution < 1.29 is 13.2 Å². The van der Waals surface area contributed by atoms with Crippen LogP contribution in [0.1, 0.15) is 25.3 Å². The molecule has 2 N–H and O–H groups in total. The summed E-state index contributed by atoms with van der Waals surface area (Å²) < 4.78 is 38.3. The number of nitrogen functional groups attached to an aromatic ring is 1. The van der Waals surface area contributed by atoms with E-state index in [4.69, 9.17) is 5.73 Å². The highest BCUT2D eigenvalue weighted by atomic mass is 19.4. The average molecular weight is 258 g/mol. The maximum Gasteiger partial charge on any atom is 0.418 e. The fraction of sp³-hybridized carbons (Fsp3) is 0.538. The van der Waals surface area contributed by atoms with Gasteiger partial charge in [0.2, 0.25) is 0 Å². The summed E-state index contributed by atoms with van der Waals surface area (Å²) in [6.45, 7) is 3.74. The largest absolute Gasteiger partial charge is 0.418 e. The number of benzene rings is 1. The minimum absolute atomic E-state index is 0.212. The predicted molar refractivity (Wildman–Crippen MR) is 66.5 cm³/mol. The van der Waals surface area contributed by atoms with E-state index in [0.29, 0.717) is 11.6 Å². The highest BCUT2D eigenvalue weighted by Gasteiger charge is 2.33. The van der Waals surface area contributed by atoms with Gasteiger partial charge in [-0.3, -0.25) is 0 Å². The maximum absolute atomic E-state index is 12.8. The Morgan fingerprint density at radius 2 is 2.06 bits per heavy atom. The average Bonchev–Trinajstić information content (AvgIpc) is 2.28. The zero-order chi connectivity index (χ0) is 13.3. The first-order valence-electron chi connectivity index (χ1n) is 6.09. The molecule has 2 rings (SSSR count). The molecule has 100 valence electrons. The summed E-state index contributed by atoms with van der Waals surface area (Å²) in [5, 5.41) is 0. The van der Waals surface area contributed by atoms with Gasteiger partial charge in [0, 0.05) is 24.5 Å². The number of nitrogens with two attached hydrogens (primary N) is 1. The second kappa shape index (κ2) is 4.71. The van der Waals surface area contributed by atoms with Gasteiger partial charge in [-0.2, -0.15) is 13.2 Å². The van der Waals surface area contributed by atoms with Crippen molar-refractivity contribution in [3.8, 4) is 0 Å². The number of alkyl halides is 3. The first kappa shape index (κ1) is 13.1. The molecule has 2 nitrogen and oxygen atoms in total. The first-order valence-corrected chi connectivity index (χ1v) is 6.09. The Morgan fingerprint density at radius 1 is 1.33 bits per heavy atom. The quantitative estimate of drug-likeness (QED) is 0.781. The van der Waals surface area contributed by atoms with Crippen LogP contribution in [0.3, 0.4) is 0 Å². The smallest absolute Gasteiger partial charge is 0.398 e. The molecule has 1 aromatic rings. The molecule has 1 aliphatic heterocycles. The molecule has 1 aromatic carbocycles. The lowest BCUT2D eigenvalue weighted by Crippen LogP contribution is -2.34. The molecular formula is C13H17F3N2. The molecule has 1 fully saturated rings. The lowest BCUT2D eigenvalue weighted by molar-refractivity contribution is -0.136. The van der Waals surface area contributed by atoms with E-state index >= 15 is 0 Å². The molecule has 0 amide bonds. The summed E-state index contributed by atoms with van der Waals surface area (Å²) in [4.78, 5) is 2.00. The van der Waals surface area contributed by atoms with E-state index in [-0.39, 0.29) is 5.69 Å². The topological polar surface area (TPSA) is 29.3 Å². The molecule has 0 bridgehead atoms. The Labute approximate surface area is 105 Å². The molecule has 0 aliphatic carbocycles. The van der Waals surface area contributed by atoms with Crippen LogP contribution in [0.5, 0.6) is 0 Å². The highest BCUT2D eigenvalue weighted by Crippen LogP contribution is 2.36. The van der Waals surface area contributed by atoms with E-state index in [2.05, 4.69) is 6.92 Å². The molecule has 1 aliphatic rings. The van der Waals surface area contributed by atoms with Gasteiger partial charge in [0.05, 0.1) is 5.56 Å². The summed E-state index contributed by atoms with van der Waals surface area (Å²) in [7, 11) is 0. The lowest BCUT2D eigenvalue weighted by Gasteiger charge is -2.33. The second-order valence-electron chi connectivity index (χ2n) is 4.96. The van der Waals surface area contributed by atoms with Crippen LogP contribution in [0.2, 0.25) is 0 Å². The normalized spacial score (nSPS) is 21.1. The van der Waals surface area contributed by atoms with E-state index < -0.39 is 11.7 Å². The Bertz CT molecular complexity index is 429. The predicted octanol–water partition coefficient (Wildman–Crippen LogP) is 3.52. The molecule has 18 heavy (non-hydrogen) atoms. The summed E-state index contributed by atoms with van der Waals surface area (Å²) >= 11 is 0. The maximum atomic E-state index is 12.8. The number of hydrogen-bond acceptors (Lipinski definition) is 2. The van der Waals surface area contributed by atoms with Gasteiger partial charge in [-0.15, -0.1) is 0 Å². The van der Waals surface area contributed by atoms with Crippen molar-refractivity contribution >= 4 is 11.4 Å². The number of piperidine rings is 1. The second-order valence-corrected chi connectivity index (χ2v) is 4.96. The van der Waals surface area contributed by atoms with Crippen molar-refractivity contribution in [1.82, 2.24) is 0 Å². The van der Waals surface area contributed by atoms with E-state index in [0.717, 1.165) is 32.0 Å². The molecular weight excluding hydrogens is 241 g/mol. The van der Waals surface area contributed by atoms with Crippen LogP contribution in [0.15, 0.2) is 18.2 Å². The van der Waals surface area contributed by atoms with Crippen molar-refractivity contribution in [2.75, 3.05) is 23.7 Å². The minimum atomic E-state index is -4.39. The van der Waals surface area contributed by atoms with Gasteiger partial charge in [-0.05, 0) is 37.0 Å². The Morgan fingerprint density at radius 3 is 2.67 bits per heavy atom. The standard InChI is InChI=1S/C13H17F3N2/c1-9-3-2-6-18(8-9)10-4-5-12(17)11(7-10)13(14,15)16/h4-5,7,9H,2-3,6,8,17H2,1H3/t9-/m1/s1. The van der Waals surface area contributed by atoms with Crippen LogP contribution in [0.4, 0.5) is 24.5 Å². The van der Waals surface area contributed by atoms with Crippen LogP contribution in [-0.4, -0.2) is 13.1 Å². The van der Waals surface area contributed by atoms with Crippen molar-refractivity contribution in [1.29, 1.82) is 0 Å². The van der Waals surface area contributed by atoms with Crippen LogP contribution >= 0.6 is 0 Å². The molecule has 0 radical (unpaired) electrons. The van der Waals surface area contributed by atoms with Gasteiger partial charge in [0.25, 0.3) is 0 Å². The number of anilines is 2. The first-order chi connectivity index (χ1) is 8.38. The van der Waals surface area contributed by atoms with Gasteiger partial charge >= 0.3 is 6.18 Å². The van der Waals surface area contributed by atoms with E-state index in [1.165, 1.54) is 6.07 Å². The van der Waals surface area contributed by atoms with Crippen molar-refractivity contribution in [3.63, 3.8) is 0 Å². The number of rotatable bonds is 1. The van der Waals surface area contributed by atoms with Gasteiger partial charge < -0.3 is 10.6 Å². The van der Waals surface area contributed by atoms with Crippen molar-refractivity contribution in [3.05, 3.63) is 23.8 Å². The zero-order valence-electron chi connectivity index (χ0n) is 10.3. The Hall–Kier alpha value is -1.39. The van der Waals surface area contributed by atoms with Crippen LogP contribution in [0, 0.1) is 5.92 Å². The summed E-state index contributed by atoms with van der Waals surface area (Å²) in [5.74, 6) is 0.519. The van der Waals surface area contributed by atoms with Gasteiger partial charge in [0.15, 0.2) is 0 Å². The highest BCUT2D eigenvalue weighted by molar-refractivity contribution is 5.59.